The first-order valence-corrected chi connectivity index (χ1v) is 9.87. The molecule has 5 nitrogen and oxygen atoms in total. The molecule has 1 aromatic carbocycles. The summed E-state index contributed by atoms with van der Waals surface area (Å²) in [6, 6.07) is 6.23. The monoisotopic (exact) mass is 384 g/mol. The number of thiophene rings is 1. The number of hydrogen-bond acceptors (Lipinski definition) is 5. The number of Topliss-reactive ketones (excluding diaryl/α,β-unsaturated/α-hetero) is 1. The summed E-state index contributed by atoms with van der Waals surface area (Å²) in [6.07, 6.45) is 0.854. The van der Waals surface area contributed by atoms with Crippen molar-refractivity contribution in [1.29, 1.82) is 0 Å². The van der Waals surface area contributed by atoms with E-state index in [4.69, 9.17) is 9.72 Å². The molecule has 2 aromatic heterocycles. The van der Waals surface area contributed by atoms with Crippen LogP contribution < -0.4 is 5.56 Å². The van der Waals surface area contributed by atoms with Crippen LogP contribution >= 0.6 is 11.3 Å². The van der Waals surface area contributed by atoms with Gasteiger partial charge in [0.25, 0.3) is 5.56 Å². The van der Waals surface area contributed by atoms with Gasteiger partial charge in [0.2, 0.25) is 0 Å². The number of methoxy groups -OCH3 is 1. The average Bonchev–Trinajstić information content (AvgIpc) is 3.03. The van der Waals surface area contributed by atoms with Crippen LogP contribution in [-0.2, 0) is 22.5 Å². The SMILES string of the molecule is COCCc1nc2scc(-c3ccc(C)cc3C)c2c(=O)n1CCC(C)=O. The van der Waals surface area contributed by atoms with Crippen LogP contribution in [0.25, 0.3) is 21.3 Å². The van der Waals surface area contributed by atoms with E-state index in [2.05, 4.69) is 32.0 Å². The Morgan fingerprint density at radius 2 is 2.04 bits per heavy atom. The van der Waals surface area contributed by atoms with E-state index < -0.39 is 0 Å². The second-order valence-corrected chi connectivity index (χ2v) is 7.69. The summed E-state index contributed by atoms with van der Waals surface area (Å²) >= 11 is 1.48. The van der Waals surface area contributed by atoms with Crippen molar-refractivity contribution in [2.45, 2.75) is 40.2 Å². The molecule has 0 amide bonds. The van der Waals surface area contributed by atoms with Crippen LogP contribution in [0.4, 0.5) is 0 Å². The quantitative estimate of drug-likeness (QED) is 0.620. The minimum atomic E-state index is -0.0800. The van der Waals surface area contributed by atoms with E-state index in [-0.39, 0.29) is 11.3 Å². The van der Waals surface area contributed by atoms with E-state index in [1.807, 2.05) is 5.38 Å². The Bertz CT molecular complexity index is 1050. The number of rotatable bonds is 7. The predicted octanol–water partition coefficient (Wildman–Crippen LogP) is 3.91. The number of hydrogen-bond donors (Lipinski definition) is 0. The standard InChI is InChI=1S/C21H24N2O3S/c1-13-5-6-16(14(2)11-13)17-12-27-20-19(17)21(25)23(9-7-15(3)24)18(22-20)8-10-26-4/h5-6,11-12H,7-10H2,1-4H3. The molecule has 2 heterocycles. The number of benzene rings is 1. The van der Waals surface area contributed by atoms with Gasteiger partial charge in [0.15, 0.2) is 0 Å². The van der Waals surface area contributed by atoms with Crippen LogP contribution in [-0.4, -0.2) is 29.1 Å². The van der Waals surface area contributed by atoms with E-state index in [0.29, 0.717) is 37.2 Å². The summed E-state index contributed by atoms with van der Waals surface area (Å²) in [5, 5.41) is 2.64. The lowest BCUT2D eigenvalue weighted by molar-refractivity contribution is -0.117. The fourth-order valence-corrected chi connectivity index (χ4v) is 4.21. The summed E-state index contributed by atoms with van der Waals surface area (Å²) < 4.78 is 6.80. The molecule has 0 saturated heterocycles. The first-order valence-electron chi connectivity index (χ1n) is 8.99. The molecular formula is C21H24N2O3S. The van der Waals surface area contributed by atoms with Crippen LogP contribution in [0.1, 0.15) is 30.3 Å². The number of aryl methyl sites for hydroxylation is 2. The van der Waals surface area contributed by atoms with Crippen molar-refractivity contribution >= 4 is 27.3 Å². The van der Waals surface area contributed by atoms with Crippen LogP contribution in [0, 0.1) is 13.8 Å². The molecule has 6 heteroatoms. The second kappa shape index (κ2) is 8.15. The van der Waals surface area contributed by atoms with E-state index >= 15 is 0 Å². The van der Waals surface area contributed by atoms with Crippen LogP contribution in [0.15, 0.2) is 28.4 Å². The highest BCUT2D eigenvalue weighted by atomic mass is 32.1. The third kappa shape index (κ3) is 4.01. The molecule has 3 aromatic rings. The topological polar surface area (TPSA) is 61.2 Å². The molecule has 0 bridgehead atoms. The maximum Gasteiger partial charge on any atom is 0.262 e. The zero-order valence-electron chi connectivity index (χ0n) is 16.2. The molecular weight excluding hydrogens is 360 g/mol. The molecule has 0 aliphatic carbocycles. The number of carbonyl (C=O) groups is 1. The fraction of sp³-hybridized carbons (Fsp3) is 0.381. The van der Waals surface area contributed by atoms with Gasteiger partial charge in [-0.05, 0) is 31.9 Å². The average molecular weight is 385 g/mol. The van der Waals surface area contributed by atoms with Gasteiger partial charge >= 0.3 is 0 Å². The van der Waals surface area contributed by atoms with Gasteiger partial charge < -0.3 is 4.74 Å². The highest BCUT2D eigenvalue weighted by Gasteiger charge is 2.18. The highest BCUT2D eigenvalue weighted by molar-refractivity contribution is 7.17. The van der Waals surface area contributed by atoms with Gasteiger partial charge in [-0.15, -0.1) is 11.3 Å². The fourth-order valence-electron chi connectivity index (χ4n) is 3.26. The lowest BCUT2D eigenvalue weighted by Crippen LogP contribution is -2.27. The summed E-state index contributed by atoms with van der Waals surface area (Å²) in [5.74, 6) is 0.726. The highest BCUT2D eigenvalue weighted by Crippen LogP contribution is 2.33. The van der Waals surface area contributed by atoms with Crippen LogP contribution in [0.3, 0.4) is 0 Å². The number of carbonyl (C=O) groups excluding carboxylic acids is 1. The molecule has 3 rings (SSSR count). The smallest absolute Gasteiger partial charge is 0.262 e. The van der Waals surface area contributed by atoms with Gasteiger partial charge in [-0.3, -0.25) is 14.2 Å². The van der Waals surface area contributed by atoms with E-state index in [1.165, 1.54) is 23.8 Å². The molecule has 0 radical (unpaired) electrons. The first-order chi connectivity index (χ1) is 12.9. The molecule has 0 unspecified atom stereocenters. The van der Waals surface area contributed by atoms with E-state index in [9.17, 15) is 9.59 Å². The number of ether oxygens (including phenoxy) is 1. The van der Waals surface area contributed by atoms with Gasteiger partial charge in [-0.1, -0.05) is 23.8 Å². The summed E-state index contributed by atoms with van der Waals surface area (Å²) in [7, 11) is 1.62. The van der Waals surface area contributed by atoms with E-state index in [0.717, 1.165) is 21.5 Å². The second-order valence-electron chi connectivity index (χ2n) is 6.83. The van der Waals surface area contributed by atoms with Crippen molar-refractivity contribution in [3.05, 3.63) is 50.9 Å². The molecule has 0 spiro atoms. The number of fused-ring (bicyclic) bond motifs is 1. The maximum atomic E-state index is 13.3. The van der Waals surface area contributed by atoms with Gasteiger partial charge in [0, 0.05) is 37.4 Å². The molecule has 0 aliphatic rings. The van der Waals surface area contributed by atoms with Crippen LogP contribution in [0.5, 0.6) is 0 Å². The third-order valence-corrected chi connectivity index (χ3v) is 5.53. The Hall–Kier alpha value is -2.31. The lowest BCUT2D eigenvalue weighted by atomic mass is 9.99. The van der Waals surface area contributed by atoms with Crippen molar-refractivity contribution in [2.24, 2.45) is 0 Å². The summed E-state index contributed by atoms with van der Waals surface area (Å²) in [5.41, 5.74) is 4.21. The Labute approximate surface area is 162 Å². The largest absolute Gasteiger partial charge is 0.384 e. The number of aromatic nitrogens is 2. The zero-order valence-corrected chi connectivity index (χ0v) is 17.0. The molecule has 0 N–H and O–H groups in total. The molecule has 27 heavy (non-hydrogen) atoms. The Morgan fingerprint density at radius 1 is 1.26 bits per heavy atom. The molecule has 0 aliphatic heterocycles. The third-order valence-electron chi connectivity index (χ3n) is 4.66. The van der Waals surface area contributed by atoms with Gasteiger partial charge in [-0.25, -0.2) is 4.98 Å². The number of ketones is 1. The first kappa shape index (κ1) is 19.5. The van der Waals surface area contributed by atoms with Gasteiger partial charge in [-0.2, -0.15) is 0 Å². The molecule has 0 saturated carbocycles. The Balaban J connectivity index is 2.20. The maximum absolute atomic E-state index is 13.3. The number of nitrogens with zero attached hydrogens (tertiary/aromatic N) is 2. The normalized spacial score (nSPS) is 11.3. The minimum absolute atomic E-state index is 0.0552. The van der Waals surface area contributed by atoms with Gasteiger partial charge in [0.1, 0.15) is 16.4 Å². The van der Waals surface area contributed by atoms with Crippen molar-refractivity contribution in [2.75, 3.05) is 13.7 Å². The molecule has 142 valence electrons. The summed E-state index contributed by atoms with van der Waals surface area (Å²) in [4.78, 5) is 30.3. The minimum Gasteiger partial charge on any atom is -0.384 e. The summed E-state index contributed by atoms with van der Waals surface area (Å²) in [6.45, 7) is 6.48. The zero-order chi connectivity index (χ0) is 19.6. The Kier molecular flexibility index (Phi) is 5.87. The van der Waals surface area contributed by atoms with Crippen molar-refractivity contribution in [1.82, 2.24) is 9.55 Å². The van der Waals surface area contributed by atoms with Gasteiger partial charge in [0.05, 0.1) is 12.0 Å². The van der Waals surface area contributed by atoms with Crippen molar-refractivity contribution in [3.63, 3.8) is 0 Å². The Morgan fingerprint density at radius 3 is 2.70 bits per heavy atom. The molecule has 0 fully saturated rings. The molecule has 0 atom stereocenters. The van der Waals surface area contributed by atoms with Crippen molar-refractivity contribution < 1.29 is 9.53 Å². The van der Waals surface area contributed by atoms with Crippen LogP contribution in [0.2, 0.25) is 0 Å². The lowest BCUT2D eigenvalue weighted by Gasteiger charge is -2.12. The predicted molar refractivity (Wildman–Crippen MR) is 110 cm³/mol. The van der Waals surface area contributed by atoms with E-state index in [1.54, 1.807) is 11.7 Å². The van der Waals surface area contributed by atoms with Crippen molar-refractivity contribution in [3.8, 4) is 11.1 Å².